The summed E-state index contributed by atoms with van der Waals surface area (Å²) in [4.78, 5) is 22.5. The molecule has 0 amide bonds. The van der Waals surface area contributed by atoms with Gasteiger partial charge in [0.05, 0.1) is 5.69 Å². The molecule has 0 unspecified atom stereocenters. The van der Waals surface area contributed by atoms with Gasteiger partial charge in [-0.1, -0.05) is 0 Å². The molecule has 0 spiro atoms. The number of pyridine rings is 1. The van der Waals surface area contributed by atoms with Crippen LogP contribution in [0.5, 0.6) is 0 Å². The maximum Gasteiger partial charge on any atom is 0.354 e. The van der Waals surface area contributed by atoms with Crippen LogP contribution in [0.4, 0.5) is 0 Å². The number of aromatic nitrogens is 3. The number of hydrogen-bond donors (Lipinski definition) is 1. The van der Waals surface area contributed by atoms with Crippen LogP contribution in [0.2, 0.25) is 0 Å². The highest BCUT2D eigenvalue weighted by molar-refractivity contribution is 5.86. The first-order valence-electron chi connectivity index (χ1n) is 4.65. The van der Waals surface area contributed by atoms with Gasteiger partial charge in [0, 0.05) is 18.0 Å². The van der Waals surface area contributed by atoms with Crippen molar-refractivity contribution in [2.75, 3.05) is 0 Å². The van der Waals surface area contributed by atoms with Gasteiger partial charge < -0.3 is 5.11 Å². The van der Waals surface area contributed by atoms with Crippen LogP contribution < -0.4 is 0 Å². The Hall–Kier alpha value is -2.30. The molecule has 0 atom stereocenters. The smallest absolute Gasteiger partial charge is 0.354 e. The molecule has 1 N–H and O–H groups in total. The summed E-state index contributed by atoms with van der Waals surface area (Å²) >= 11 is 0. The summed E-state index contributed by atoms with van der Waals surface area (Å²) in [5.74, 6) is -1.06. The highest BCUT2D eigenvalue weighted by atomic mass is 16.4. The number of hydrogen-bond acceptors (Lipinski definition) is 4. The number of aryl methyl sites for hydroxylation is 1. The highest BCUT2D eigenvalue weighted by Crippen LogP contribution is 2.19. The maximum absolute atomic E-state index is 10.8. The van der Waals surface area contributed by atoms with Gasteiger partial charge in [0.1, 0.15) is 6.33 Å². The molecule has 5 heteroatoms. The first kappa shape index (κ1) is 10.2. The first-order valence-corrected chi connectivity index (χ1v) is 4.65. The van der Waals surface area contributed by atoms with Gasteiger partial charge in [0.25, 0.3) is 0 Å². The van der Waals surface area contributed by atoms with Crippen molar-refractivity contribution in [1.82, 2.24) is 15.0 Å². The van der Waals surface area contributed by atoms with E-state index < -0.39 is 5.97 Å². The number of carboxylic acids is 1. The minimum atomic E-state index is -1.06. The van der Waals surface area contributed by atoms with Crippen LogP contribution in [-0.4, -0.2) is 26.0 Å². The predicted molar refractivity (Wildman–Crippen MR) is 57.0 cm³/mol. The average Bonchev–Trinajstić information content (AvgIpc) is 2.30. The average molecular weight is 215 g/mol. The molecule has 0 aliphatic heterocycles. The quantitative estimate of drug-likeness (QED) is 0.822. The molecule has 2 aromatic rings. The number of carboxylic acid groups (broad SMARTS) is 1. The minimum Gasteiger partial charge on any atom is -0.477 e. The summed E-state index contributed by atoms with van der Waals surface area (Å²) in [6.45, 7) is 1.92. The zero-order chi connectivity index (χ0) is 11.5. The Morgan fingerprint density at radius 3 is 2.88 bits per heavy atom. The molecule has 2 aromatic heterocycles. The van der Waals surface area contributed by atoms with E-state index in [4.69, 9.17) is 5.11 Å². The van der Waals surface area contributed by atoms with E-state index in [1.165, 1.54) is 12.4 Å². The van der Waals surface area contributed by atoms with Crippen molar-refractivity contribution in [3.63, 3.8) is 0 Å². The molecule has 2 heterocycles. The second-order valence-corrected chi connectivity index (χ2v) is 3.28. The van der Waals surface area contributed by atoms with Crippen LogP contribution in [0.3, 0.4) is 0 Å². The molecule has 0 saturated heterocycles. The monoisotopic (exact) mass is 215 g/mol. The van der Waals surface area contributed by atoms with Gasteiger partial charge in [-0.05, 0) is 24.6 Å². The Kier molecular flexibility index (Phi) is 2.59. The molecule has 16 heavy (non-hydrogen) atoms. The standard InChI is InChI=1S/C11H9N3O2/c1-7-2-3-12-5-8(7)9-4-10(11(15)16)14-6-13-9/h2-6H,1H3,(H,15,16). The van der Waals surface area contributed by atoms with Crippen molar-refractivity contribution in [3.8, 4) is 11.3 Å². The van der Waals surface area contributed by atoms with Gasteiger partial charge >= 0.3 is 5.97 Å². The second kappa shape index (κ2) is 4.06. The third kappa shape index (κ3) is 1.88. The van der Waals surface area contributed by atoms with Crippen LogP contribution >= 0.6 is 0 Å². The number of rotatable bonds is 2. The van der Waals surface area contributed by atoms with E-state index in [9.17, 15) is 4.79 Å². The molecule has 0 aliphatic rings. The lowest BCUT2D eigenvalue weighted by atomic mass is 10.1. The summed E-state index contributed by atoms with van der Waals surface area (Å²) in [6.07, 6.45) is 4.58. The van der Waals surface area contributed by atoms with Gasteiger partial charge in [-0.3, -0.25) is 4.98 Å². The van der Waals surface area contributed by atoms with Crippen LogP contribution in [0.15, 0.2) is 30.9 Å². The number of carbonyl (C=O) groups is 1. The van der Waals surface area contributed by atoms with Gasteiger partial charge in [0.15, 0.2) is 5.69 Å². The zero-order valence-corrected chi connectivity index (χ0v) is 8.58. The maximum atomic E-state index is 10.8. The van der Waals surface area contributed by atoms with Crippen LogP contribution in [0, 0.1) is 6.92 Å². The van der Waals surface area contributed by atoms with E-state index in [2.05, 4.69) is 15.0 Å². The van der Waals surface area contributed by atoms with Crippen LogP contribution in [0.25, 0.3) is 11.3 Å². The molecule has 0 fully saturated rings. The fraction of sp³-hybridized carbons (Fsp3) is 0.0909. The third-order valence-corrected chi connectivity index (χ3v) is 2.20. The number of aromatic carboxylic acids is 1. The van der Waals surface area contributed by atoms with E-state index in [-0.39, 0.29) is 5.69 Å². The van der Waals surface area contributed by atoms with Crippen molar-refractivity contribution in [2.24, 2.45) is 0 Å². The minimum absolute atomic E-state index is 0.0201. The first-order chi connectivity index (χ1) is 7.68. The summed E-state index contributed by atoms with van der Waals surface area (Å²) in [6, 6.07) is 3.28. The summed E-state index contributed by atoms with van der Waals surface area (Å²) in [5.41, 5.74) is 2.35. The van der Waals surface area contributed by atoms with Gasteiger partial charge in [-0.15, -0.1) is 0 Å². The zero-order valence-electron chi connectivity index (χ0n) is 8.58. The Morgan fingerprint density at radius 1 is 1.38 bits per heavy atom. The van der Waals surface area contributed by atoms with Gasteiger partial charge in [0.2, 0.25) is 0 Å². The van der Waals surface area contributed by atoms with Crippen LogP contribution in [-0.2, 0) is 0 Å². The van der Waals surface area contributed by atoms with Crippen LogP contribution in [0.1, 0.15) is 16.1 Å². The van der Waals surface area contributed by atoms with E-state index in [0.717, 1.165) is 11.1 Å². The van der Waals surface area contributed by atoms with Crippen molar-refractivity contribution < 1.29 is 9.90 Å². The van der Waals surface area contributed by atoms with E-state index in [1.54, 1.807) is 12.4 Å². The molecular weight excluding hydrogens is 206 g/mol. The number of nitrogens with zero attached hydrogens (tertiary/aromatic N) is 3. The Bertz CT molecular complexity index is 540. The molecule has 5 nitrogen and oxygen atoms in total. The molecule has 0 bridgehead atoms. The second-order valence-electron chi connectivity index (χ2n) is 3.28. The summed E-state index contributed by atoms with van der Waals surface area (Å²) < 4.78 is 0. The molecule has 0 aromatic carbocycles. The van der Waals surface area contributed by atoms with E-state index >= 15 is 0 Å². The SMILES string of the molecule is Cc1ccncc1-c1cc(C(=O)O)ncn1. The third-order valence-electron chi connectivity index (χ3n) is 2.20. The fourth-order valence-corrected chi connectivity index (χ4v) is 1.35. The molecule has 2 rings (SSSR count). The van der Waals surface area contributed by atoms with Gasteiger partial charge in [-0.2, -0.15) is 0 Å². The van der Waals surface area contributed by atoms with E-state index in [0.29, 0.717) is 5.69 Å². The molecular formula is C11H9N3O2. The predicted octanol–water partition coefficient (Wildman–Crippen LogP) is 1.55. The van der Waals surface area contributed by atoms with Crippen molar-refractivity contribution in [1.29, 1.82) is 0 Å². The fourth-order valence-electron chi connectivity index (χ4n) is 1.35. The largest absolute Gasteiger partial charge is 0.477 e. The van der Waals surface area contributed by atoms with Crippen molar-refractivity contribution in [3.05, 3.63) is 42.1 Å². The van der Waals surface area contributed by atoms with Gasteiger partial charge in [-0.25, -0.2) is 14.8 Å². The normalized spacial score (nSPS) is 10.1. The molecule has 0 saturated carbocycles. The summed E-state index contributed by atoms with van der Waals surface area (Å²) in [5, 5.41) is 8.82. The lowest BCUT2D eigenvalue weighted by molar-refractivity contribution is 0.0690. The topological polar surface area (TPSA) is 76.0 Å². The van der Waals surface area contributed by atoms with Crippen molar-refractivity contribution >= 4 is 5.97 Å². The Morgan fingerprint density at radius 2 is 2.19 bits per heavy atom. The Balaban J connectivity index is 2.53. The molecule has 0 aliphatic carbocycles. The highest BCUT2D eigenvalue weighted by Gasteiger charge is 2.08. The van der Waals surface area contributed by atoms with Crippen molar-refractivity contribution in [2.45, 2.75) is 6.92 Å². The molecule has 80 valence electrons. The lowest BCUT2D eigenvalue weighted by Gasteiger charge is -2.03. The molecule has 0 radical (unpaired) electrons. The van der Waals surface area contributed by atoms with E-state index in [1.807, 2.05) is 13.0 Å². The Labute approximate surface area is 91.8 Å². The summed E-state index contributed by atoms with van der Waals surface area (Å²) in [7, 11) is 0. The lowest BCUT2D eigenvalue weighted by Crippen LogP contribution is -2.01.